The largest absolute Gasteiger partial charge is 0.490 e. The Kier molecular flexibility index (Phi) is 7.62. The van der Waals surface area contributed by atoms with Crippen molar-refractivity contribution >= 4 is 33.5 Å². The molecule has 200 valence electrons. The van der Waals surface area contributed by atoms with Crippen molar-refractivity contribution in [3.05, 3.63) is 44.7 Å². The van der Waals surface area contributed by atoms with E-state index in [-0.39, 0.29) is 35.6 Å². The van der Waals surface area contributed by atoms with E-state index in [4.69, 9.17) is 14.2 Å². The molecule has 1 aromatic rings. The zero-order valence-electron chi connectivity index (χ0n) is 22.5. The van der Waals surface area contributed by atoms with Gasteiger partial charge in [-0.3, -0.25) is 9.59 Å². The molecule has 0 saturated carbocycles. The van der Waals surface area contributed by atoms with Crippen molar-refractivity contribution in [1.29, 1.82) is 0 Å². The summed E-state index contributed by atoms with van der Waals surface area (Å²) in [6, 6.07) is 3.70. The number of halogens is 1. The van der Waals surface area contributed by atoms with E-state index in [0.717, 1.165) is 29.8 Å². The van der Waals surface area contributed by atoms with E-state index in [9.17, 15) is 14.4 Å². The molecule has 0 bridgehead atoms. The third-order valence-corrected chi connectivity index (χ3v) is 7.61. The Morgan fingerprint density at radius 1 is 0.919 bits per heavy atom. The van der Waals surface area contributed by atoms with Gasteiger partial charge in [0, 0.05) is 41.3 Å². The zero-order chi connectivity index (χ0) is 27.1. The molecule has 8 heteroatoms. The number of ketones is 2. The second kappa shape index (κ2) is 10.3. The van der Waals surface area contributed by atoms with E-state index in [1.165, 1.54) is 0 Å². The maximum Gasteiger partial charge on any atom is 0.344 e. The van der Waals surface area contributed by atoms with Gasteiger partial charge < -0.3 is 19.5 Å². The van der Waals surface area contributed by atoms with Gasteiger partial charge in [0.1, 0.15) is 0 Å². The van der Waals surface area contributed by atoms with Crippen molar-refractivity contribution in [1.82, 2.24) is 5.32 Å². The highest BCUT2D eigenvalue weighted by molar-refractivity contribution is 9.10. The Balaban J connectivity index is 1.85. The number of hydrogen-bond donors (Lipinski definition) is 1. The molecule has 7 nitrogen and oxygen atoms in total. The van der Waals surface area contributed by atoms with Crippen LogP contribution in [0.3, 0.4) is 0 Å². The Bertz CT molecular complexity index is 1160. The van der Waals surface area contributed by atoms with Gasteiger partial charge in [0.25, 0.3) is 0 Å². The van der Waals surface area contributed by atoms with Crippen LogP contribution in [0.2, 0.25) is 0 Å². The maximum atomic E-state index is 13.6. The number of carbonyl (C=O) groups excluding carboxylic acids is 3. The first-order chi connectivity index (χ1) is 17.4. The SMILES string of the molecule is CCOC(=O)COc1c(Br)cc(C2C3=C(CC(C)(C)CC3=O)NC3=C2C(=O)CC(C)(C)C3)cc1OCC. The van der Waals surface area contributed by atoms with Gasteiger partial charge in [0.05, 0.1) is 17.7 Å². The summed E-state index contributed by atoms with van der Waals surface area (Å²) in [5.41, 5.74) is 3.60. The van der Waals surface area contributed by atoms with Crippen molar-refractivity contribution in [2.45, 2.75) is 73.1 Å². The molecular weight excluding hydrogens is 538 g/mol. The number of benzene rings is 1. The average Bonchev–Trinajstić information content (AvgIpc) is 2.75. The summed E-state index contributed by atoms with van der Waals surface area (Å²) in [6.07, 6.45) is 2.31. The maximum absolute atomic E-state index is 13.6. The lowest BCUT2D eigenvalue weighted by molar-refractivity contribution is -0.145. The second-order valence-electron chi connectivity index (χ2n) is 11.6. The molecule has 1 N–H and O–H groups in total. The molecule has 1 aromatic carbocycles. The first-order valence-corrected chi connectivity index (χ1v) is 13.7. The average molecular weight is 575 g/mol. The van der Waals surface area contributed by atoms with Crippen molar-refractivity contribution in [3.8, 4) is 11.5 Å². The summed E-state index contributed by atoms with van der Waals surface area (Å²) < 4.78 is 17.2. The van der Waals surface area contributed by atoms with E-state index >= 15 is 0 Å². The molecule has 0 atom stereocenters. The lowest BCUT2D eigenvalue weighted by Crippen LogP contribution is -2.42. The van der Waals surface area contributed by atoms with E-state index in [1.54, 1.807) is 6.92 Å². The van der Waals surface area contributed by atoms with Gasteiger partial charge in [-0.05, 0) is 71.1 Å². The first-order valence-electron chi connectivity index (χ1n) is 12.9. The lowest BCUT2D eigenvalue weighted by atomic mass is 9.64. The fourth-order valence-electron chi connectivity index (χ4n) is 5.71. The van der Waals surface area contributed by atoms with Crippen LogP contribution in [-0.2, 0) is 19.1 Å². The highest BCUT2D eigenvalue weighted by Gasteiger charge is 2.46. The van der Waals surface area contributed by atoms with Gasteiger partial charge >= 0.3 is 5.97 Å². The minimum atomic E-state index is -0.493. The minimum Gasteiger partial charge on any atom is -0.490 e. The van der Waals surface area contributed by atoms with Gasteiger partial charge in [-0.25, -0.2) is 4.79 Å². The fraction of sp³-hybridized carbons (Fsp3) is 0.552. The number of carbonyl (C=O) groups is 3. The molecule has 0 saturated heterocycles. The summed E-state index contributed by atoms with van der Waals surface area (Å²) in [5.74, 6) is -0.0357. The van der Waals surface area contributed by atoms with Crippen LogP contribution in [-0.4, -0.2) is 37.4 Å². The molecule has 0 unspecified atom stereocenters. The smallest absolute Gasteiger partial charge is 0.344 e. The molecule has 4 rings (SSSR count). The quantitative estimate of drug-likeness (QED) is 0.414. The van der Waals surface area contributed by atoms with Crippen LogP contribution in [0.25, 0.3) is 0 Å². The normalized spacial score (nSPS) is 20.7. The van der Waals surface area contributed by atoms with Crippen LogP contribution in [0.15, 0.2) is 39.1 Å². The van der Waals surface area contributed by atoms with Crippen LogP contribution < -0.4 is 14.8 Å². The van der Waals surface area contributed by atoms with Crippen LogP contribution in [0.5, 0.6) is 11.5 Å². The monoisotopic (exact) mass is 573 g/mol. The third-order valence-electron chi connectivity index (χ3n) is 7.02. The minimum absolute atomic E-state index is 0.0599. The Morgan fingerprint density at radius 3 is 2.00 bits per heavy atom. The molecule has 0 radical (unpaired) electrons. The Hall–Kier alpha value is -2.61. The van der Waals surface area contributed by atoms with E-state index in [0.29, 0.717) is 46.6 Å². The number of hydrogen-bond acceptors (Lipinski definition) is 7. The van der Waals surface area contributed by atoms with Crippen LogP contribution >= 0.6 is 15.9 Å². The summed E-state index contributed by atoms with van der Waals surface area (Å²) in [7, 11) is 0. The molecule has 1 aliphatic heterocycles. The van der Waals surface area contributed by atoms with Crippen LogP contribution in [0.4, 0.5) is 0 Å². The van der Waals surface area contributed by atoms with E-state index < -0.39 is 11.9 Å². The predicted octanol–water partition coefficient (Wildman–Crippen LogP) is 5.76. The number of nitrogens with one attached hydrogen (secondary N) is 1. The first kappa shape index (κ1) is 27.4. The van der Waals surface area contributed by atoms with Gasteiger partial charge in [0.2, 0.25) is 0 Å². The summed E-state index contributed by atoms with van der Waals surface area (Å²) in [6.45, 7) is 12.4. The van der Waals surface area contributed by atoms with Crippen LogP contribution in [0.1, 0.15) is 78.7 Å². The Morgan fingerprint density at radius 2 is 1.49 bits per heavy atom. The van der Waals surface area contributed by atoms with Crippen molar-refractivity contribution in [2.24, 2.45) is 10.8 Å². The zero-order valence-corrected chi connectivity index (χ0v) is 24.1. The molecular formula is C29H36BrNO6. The number of esters is 1. The summed E-state index contributed by atoms with van der Waals surface area (Å²) in [4.78, 5) is 39.1. The van der Waals surface area contributed by atoms with Crippen molar-refractivity contribution in [2.75, 3.05) is 19.8 Å². The molecule has 1 heterocycles. The number of rotatable bonds is 7. The number of dihydropyridines is 1. The van der Waals surface area contributed by atoms with Crippen molar-refractivity contribution in [3.63, 3.8) is 0 Å². The lowest BCUT2D eigenvalue weighted by Gasteiger charge is -2.44. The van der Waals surface area contributed by atoms with Gasteiger partial charge in [0.15, 0.2) is 29.7 Å². The summed E-state index contributed by atoms with van der Waals surface area (Å²) >= 11 is 3.59. The number of ether oxygens (including phenoxy) is 3. The third kappa shape index (κ3) is 5.64. The van der Waals surface area contributed by atoms with Crippen molar-refractivity contribution < 1.29 is 28.6 Å². The molecule has 0 spiro atoms. The predicted molar refractivity (Wildman–Crippen MR) is 143 cm³/mol. The highest BCUT2D eigenvalue weighted by atomic mass is 79.9. The number of allylic oxidation sites excluding steroid dienone is 4. The molecule has 0 fully saturated rings. The standard InChI is InChI=1S/C29H36BrNO6/c1-7-35-22-10-16(9-17(30)27(22)37-15-23(34)36-8-2)24-25-18(11-28(3,4)13-20(25)32)31-19-12-29(5,6)14-21(33)26(19)24/h9-10,24,31H,7-8,11-15H2,1-6H3. The molecule has 37 heavy (non-hydrogen) atoms. The Labute approximate surface area is 227 Å². The van der Waals surface area contributed by atoms with Gasteiger partial charge in [-0.1, -0.05) is 27.7 Å². The van der Waals surface area contributed by atoms with Crippen LogP contribution in [0, 0.1) is 10.8 Å². The molecule has 2 aliphatic carbocycles. The van der Waals surface area contributed by atoms with Gasteiger partial charge in [-0.2, -0.15) is 0 Å². The molecule has 0 amide bonds. The fourth-order valence-corrected chi connectivity index (χ4v) is 6.29. The molecule has 3 aliphatic rings. The second-order valence-corrected chi connectivity index (χ2v) is 12.4. The van der Waals surface area contributed by atoms with E-state index in [1.807, 2.05) is 19.1 Å². The molecule has 0 aromatic heterocycles. The highest BCUT2D eigenvalue weighted by Crippen LogP contribution is 2.52. The topological polar surface area (TPSA) is 90.9 Å². The van der Waals surface area contributed by atoms with E-state index in [2.05, 4.69) is 48.9 Å². The number of Topliss-reactive ketones (excluding diaryl/α,β-unsaturated/α-hetero) is 2. The van der Waals surface area contributed by atoms with Gasteiger partial charge in [-0.15, -0.1) is 0 Å². The summed E-state index contributed by atoms with van der Waals surface area (Å²) in [5, 5.41) is 3.54.